The Balaban J connectivity index is 2.82. The van der Waals surface area contributed by atoms with Crippen LogP contribution >= 0.6 is 0 Å². The Kier molecular flexibility index (Phi) is 4.31. The molecule has 1 aromatic heterocycles. The Morgan fingerprint density at radius 2 is 2.18 bits per heavy atom. The summed E-state index contributed by atoms with van der Waals surface area (Å²) in [6, 6.07) is 0. The molecule has 5 heteroatoms. The Labute approximate surface area is 102 Å². The molecule has 1 aromatic rings. The first kappa shape index (κ1) is 13.3. The summed E-state index contributed by atoms with van der Waals surface area (Å²) in [5.74, 6) is -0.185. The third-order valence-electron chi connectivity index (χ3n) is 2.48. The average Bonchev–Trinajstić information content (AvgIpc) is 2.53. The maximum atomic E-state index is 11.9. The zero-order valence-electron chi connectivity index (χ0n) is 10.9. The van der Waals surface area contributed by atoms with Gasteiger partial charge in [0.25, 0.3) is 5.91 Å². The molecular formula is C12H20N4O. The highest BCUT2D eigenvalue weighted by Crippen LogP contribution is 2.16. The third-order valence-corrected chi connectivity index (χ3v) is 2.48. The number of amides is 1. The summed E-state index contributed by atoms with van der Waals surface area (Å²) in [5, 5.41) is 7.00. The lowest BCUT2D eigenvalue weighted by atomic mass is 10.2. The maximum Gasteiger partial charge on any atom is 0.271 e. The molecule has 3 N–H and O–H groups in total. The van der Waals surface area contributed by atoms with Gasteiger partial charge in [-0.3, -0.25) is 9.48 Å². The second-order valence-corrected chi connectivity index (χ2v) is 4.18. The number of nitrogens with one attached hydrogen (secondary N) is 1. The molecule has 17 heavy (non-hydrogen) atoms. The van der Waals surface area contributed by atoms with E-state index < -0.39 is 0 Å². The van der Waals surface area contributed by atoms with Crippen molar-refractivity contribution in [3.8, 4) is 0 Å². The van der Waals surface area contributed by atoms with Gasteiger partial charge < -0.3 is 11.1 Å². The highest BCUT2D eigenvalue weighted by atomic mass is 16.2. The van der Waals surface area contributed by atoms with Crippen LogP contribution in [0.4, 0.5) is 5.69 Å². The fraction of sp³-hybridized carbons (Fsp3) is 0.500. The Hall–Kier alpha value is -1.78. The fourth-order valence-electron chi connectivity index (χ4n) is 1.56. The van der Waals surface area contributed by atoms with Crippen LogP contribution < -0.4 is 11.1 Å². The number of allylic oxidation sites excluding steroid dienone is 1. The molecule has 1 rings (SSSR count). The molecular weight excluding hydrogens is 216 g/mol. The number of carbonyl (C=O) groups is 1. The van der Waals surface area contributed by atoms with Gasteiger partial charge in [0.15, 0.2) is 0 Å². The van der Waals surface area contributed by atoms with Crippen molar-refractivity contribution >= 4 is 11.6 Å². The zero-order chi connectivity index (χ0) is 13.0. The van der Waals surface area contributed by atoms with Crippen LogP contribution in [0, 0.1) is 0 Å². The van der Waals surface area contributed by atoms with Gasteiger partial charge in [-0.2, -0.15) is 5.10 Å². The van der Waals surface area contributed by atoms with Gasteiger partial charge in [-0.05, 0) is 20.3 Å². The predicted octanol–water partition coefficient (Wildman–Crippen LogP) is 1.26. The van der Waals surface area contributed by atoms with Crippen LogP contribution in [0.1, 0.15) is 37.0 Å². The summed E-state index contributed by atoms with van der Waals surface area (Å²) >= 11 is 0. The van der Waals surface area contributed by atoms with E-state index in [0.29, 0.717) is 17.9 Å². The largest absolute Gasteiger partial charge is 0.395 e. The summed E-state index contributed by atoms with van der Waals surface area (Å²) < 4.78 is 1.53. The normalized spacial score (nSPS) is 10.1. The monoisotopic (exact) mass is 236 g/mol. The number of hydrogen-bond acceptors (Lipinski definition) is 3. The summed E-state index contributed by atoms with van der Waals surface area (Å²) in [5.41, 5.74) is 8.73. The van der Waals surface area contributed by atoms with Gasteiger partial charge in [-0.15, -0.1) is 0 Å². The van der Waals surface area contributed by atoms with Crippen molar-refractivity contribution in [2.24, 2.45) is 7.05 Å². The van der Waals surface area contributed by atoms with Crippen molar-refractivity contribution in [2.45, 2.75) is 27.2 Å². The number of aromatic nitrogens is 2. The van der Waals surface area contributed by atoms with Crippen molar-refractivity contribution in [2.75, 3.05) is 12.3 Å². The zero-order valence-corrected chi connectivity index (χ0v) is 10.9. The van der Waals surface area contributed by atoms with Crippen molar-refractivity contribution < 1.29 is 4.79 Å². The van der Waals surface area contributed by atoms with Crippen molar-refractivity contribution in [1.29, 1.82) is 0 Å². The van der Waals surface area contributed by atoms with Crippen LogP contribution in [0.2, 0.25) is 0 Å². The fourth-order valence-corrected chi connectivity index (χ4v) is 1.56. The van der Waals surface area contributed by atoms with E-state index in [0.717, 1.165) is 17.7 Å². The van der Waals surface area contributed by atoms with E-state index in [9.17, 15) is 4.79 Å². The number of anilines is 1. The maximum absolute atomic E-state index is 11.9. The molecule has 1 amide bonds. The minimum Gasteiger partial charge on any atom is -0.395 e. The molecule has 0 bridgehead atoms. The predicted molar refractivity (Wildman–Crippen MR) is 68.8 cm³/mol. The first-order valence-electron chi connectivity index (χ1n) is 5.70. The number of hydrogen-bond donors (Lipinski definition) is 2. The average molecular weight is 236 g/mol. The summed E-state index contributed by atoms with van der Waals surface area (Å²) in [6.45, 7) is 6.44. The van der Waals surface area contributed by atoms with Crippen LogP contribution in [-0.4, -0.2) is 22.2 Å². The van der Waals surface area contributed by atoms with Gasteiger partial charge in [0, 0.05) is 13.6 Å². The number of nitrogens with zero attached hydrogens (tertiary/aromatic N) is 2. The number of nitrogen functional groups attached to an aromatic ring is 1. The molecule has 0 aliphatic carbocycles. The molecule has 0 aliphatic rings. The van der Waals surface area contributed by atoms with Crippen molar-refractivity contribution in [3.63, 3.8) is 0 Å². The van der Waals surface area contributed by atoms with E-state index in [-0.39, 0.29) is 5.91 Å². The molecule has 0 aliphatic heterocycles. The van der Waals surface area contributed by atoms with Gasteiger partial charge >= 0.3 is 0 Å². The Morgan fingerprint density at radius 3 is 2.65 bits per heavy atom. The number of carbonyl (C=O) groups excluding carboxylic acids is 1. The standard InChI is InChI=1S/C12H20N4O/c1-5-9-10(13)11(16(4)15-9)12(17)14-7-6-8(2)3/h6H,5,7,13H2,1-4H3,(H,14,17). The van der Waals surface area contributed by atoms with Gasteiger partial charge in [-0.25, -0.2) is 0 Å². The lowest BCUT2D eigenvalue weighted by Crippen LogP contribution is -2.26. The highest BCUT2D eigenvalue weighted by molar-refractivity contribution is 5.98. The Bertz CT molecular complexity index is 442. The summed E-state index contributed by atoms with van der Waals surface area (Å²) in [4.78, 5) is 11.9. The molecule has 0 unspecified atom stereocenters. The highest BCUT2D eigenvalue weighted by Gasteiger charge is 2.18. The second-order valence-electron chi connectivity index (χ2n) is 4.18. The van der Waals surface area contributed by atoms with Gasteiger partial charge in [0.2, 0.25) is 0 Å². The van der Waals surface area contributed by atoms with E-state index in [1.165, 1.54) is 4.68 Å². The summed E-state index contributed by atoms with van der Waals surface area (Å²) in [6.07, 6.45) is 2.67. The van der Waals surface area contributed by atoms with E-state index in [1.54, 1.807) is 7.05 Å². The smallest absolute Gasteiger partial charge is 0.271 e. The first-order valence-corrected chi connectivity index (χ1v) is 5.70. The molecule has 0 radical (unpaired) electrons. The molecule has 1 heterocycles. The quantitative estimate of drug-likeness (QED) is 0.773. The molecule has 94 valence electrons. The molecule has 0 saturated heterocycles. The minimum atomic E-state index is -0.185. The van der Waals surface area contributed by atoms with Crippen LogP contribution in [0.25, 0.3) is 0 Å². The van der Waals surface area contributed by atoms with Crippen molar-refractivity contribution in [1.82, 2.24) is 15.1 Å². The van der Waals surface area contributed by atoms with Crippen molar-refractivity contribution in [3.05, 3.63) is 23.0 Å². The first-order chi connectivity index (χ1) is 7.97. The van der Waals surface area contributed by atoms with E-state index >= 15 is 0 Å². The van der Waals surface area contributed by atoms with Gasteiger partial charge in [0.1, 0.15) is 5.69 Å². The molecule has 0 atom stereocenters. The molecule has 0 aromatic carbocycles. The lowest BCUT2D eigenvalue weighted by Gasteiger charge is -2.04. The Morgan fingerprint density at radius 1 is 1.53 bits per heavy atom. The van der Waals surface area contributed by atoms with Crippen LogP contribution in [0.3, 0.4) is 0 Å². The number of nitrogens with two attached hydrogens (primary N) is 1. The van der Waals surface area contributed by atoms with E-state index in [4.69, 9.17) is 5.73 Å². The van der Waals surface area contributed by atoms with Gasteiger partial charge in [0.05, 0.1) is 11.4 Å². The van der Waals surface area contributed by atoms with Gasteiger partial charge in [-0.1, -0.05) is 18.6 Å². The SMILES string of the molecule is CCc1nn(C)c(C(=O)NCC=C(C)C)c1N. The van der Waals surface area contributed by atoms with Crippen LogP contribution in [0.15, 0.2) is 11.6 Å². The van der Waals surface area contributed by atoms with Crippen LogP contribution in [-0.2, 0) is 13.5 Å². The topological polar surface area (TPSA) is 72.9 Å². The van der Waals surface area contributed by atoms with Crippen LogP contribution in [0.5, 0.6) is 0 Å². The second kappa shape index (κ2) is 5.52. The minimum absolute atomic E-state index is 0.185. The molecule has 0 saturated carbocycles. The number of rotatable bonds is 4. The number of aryl methyl sites for hydroxylation is 2. The summed E-state index contributed by atoms with van der Waals surface area (Å²) in [7, 11) is 1.73. The molecule has 5 nitrogen and oxygen atoms in total. The molecule has 0 spiro atoms. The lowest BCUT2D eigenvalue weighted by molar-refractivity contribution is 0.0949. The third kappa shape index (κ3) is 3.09. The van der Waals surface area contributed by atoms with E-state index in [2.05, 4.69) is 10.4 Å². The molecule has 0 fully saturated rings. The van der Waals surface area contributed by atoms with E-state index in [1.807, 2.05) is 26.8 Å².